The molecule has 5 atom stereocenters. The topological polar surface area (TPSA) is 124 Å². The van der Waals surface area contributed by atoms with Crippen molar-refractivity contribution in [3.05, 3.63) is 0 Å². The zero-order chi connectivity index (χ0) is 16.5. The summed E-state index contributed by atoms with van der Waals surface area (Å²) in [5.41, 5.74) is 0. The zero-order valence-electron chi connectivity index (χ0n) is 12.2. The summed E-state index contributed by atoms with van der Waals surface area (Å²) in [4.78, 5) is 0. The molecule has 9 nitrogen and oxygen atoms in total. The van der Waals surface area contributed by atoms with Crippen LogP contribution in [0.3, 0.4) is 0 Å². The summed E-state index contributed by atoms with van der Waals surface area (Å²) in [6.45, 7) is 3.43. The van der Waals surface area contributed by atoms with Crippen LogP contribution in [0.1, 0.15) is 13.8 Å². The lowest BCUT2D eigenvalue weighted by atomic mass is 10.1. The summed E-state index contributed by atoms with van der Waals surface area (Å²) in [6.07, 6.45) is -3.98. The molecule has 126 valence electrons. The predicted octanol–water partition coefficient (Wildman–Crippen LogP) is 0.280. The predicted molar refractivity (Wildman–Crippen MR) is 74.0 cm³/mol. The highest BCUT2D eigenvalue weighted by Crippen LogP contribution is 2.40. The fourth-order valence-electron chi connectivity index (χ4n) is 2.52. The van der Waals surface area contributed by atoms with Gasteiger partial charge < -0.3 is 18.9 Å². The Kier molecular flexibility index (Phi) is 5.35. The molecule has 22 heavy (non-hydrogen) atoms. The molecule has 1 N–H and O–H groups in total. The first kappa shape index (κ1) is 17.9. The largest absolute Gasteiger partial charge is 0.397 e. The van der Waals surface area contributed by atoms with Gasteiger partial charge in [-0.2, -0.15) is 13.7 Å². The van der Waals surface area contributed by atoms with Crippen LogP contribution in [0.15, 0.2) is 0 Å². The molecule has 0 unspecified atom stereocenters. The zero-order valence-corrected chi connectivity index (χ0v) is 13.8. The Labute approximate surface area is 132 Å². The summed E-state index contributed by atoms with van der Waals surface area (Å²) in [5, 5.41) is 10.4. The van der Waals surface area contributed by atoms with Gasteiger partial charge >= 0.3 is 10.4 Å². The van der Waals surface area contributed by atoms with Gasteiger partial charge in [0, 0.05) is 12.9 Å². The molecular formula is C11H17NO8S2. The second-order valence-corrected chi connectivity index (χ2v) is 7.09. The van der Waals surface area contributed by atoms with Gasteiger partial charge in [-0.1, -0.05) is 0 Å². The molecule has 2 rings (SSSR count). The summed E-state index contributed by atoms with van der Waals surface area (Å²) in [5.74, 6) is -0.887. The van der Waals surface area contributed by atoms with Crippen LogP contribution in [0.25, 0.3) is 0 Å². The summed E-state index contributed by atoms with van der Waals surface area (Å²) in [6, 6.07) is 0. The Bertz CT molecular complexity index is 545. The maximum absolute atomic E-state index is 11.0. The van der Waals surface area contributed by atoms with Gasteiger partial charge in [-0.05, 0) is 25.6 Å². The number of nitrogens with zero attached hydrogens (tertiary/aromatic N) is 1. The Hall–Kier alpha value is -0.450. The molecule has 0 bridgehead atoms. The number of thiocyanates is 1. The molecule has 2 aliphatic heterocycles. The summed E-state index contributed by atoms with van der Waals surface area (Å²) in [7, 11) is -3.29. The van der Waals surface area contributed by atoms with E-state index < -0.39 is 46.9 Å². The van der Waals surface area contributed by atoms with Crippen molar-refractivity contribution < 1.29 is 36.1 Å². The van der Waals surface area contributed by atoms with Crippen LogP contribution in [0, 0.1) is 10.7 Å². The van der Waals surface area contributed by atoms with E-state index >= 15 is 0 Å². The van der Waals surface area contributed by atoms with E-state index in [0.717, 1.165) is 11.8 Å². The minimum Gasteiger partial charge on any atom is -0.376 e. The molecule has 2 heterocycles. The monoisotopic (exact) mass is 355 g/mol. The SMILES string of the molecule is CO[C@@H]1[C@H]2OC(C)(C)O[C@H]2O[C@@H]1[C@@H](CSC#N)OS(=O)(=O)O. The minimum absolute atomic E-state index is 0.0380. The Morgan fingerprint density at radius 3 is 2.68 bits per heavy atom. The number of methoxy groups -OCH3 is 1. The highest BCUT2D eigenvalue weighted by molar-refractivity contribution is 8.03. The highest BCUT2D eigenvalue weighted by atomic mass is 32.3. The number of ether oxygens (including phenoxy) is 4. The van der Waals surface area contributed by atoms with Crippen molar-refractivity contribution in [2.45, 2.75) is 50.3 Å². The van der Waals surface area contributed by atoms with Crippen LogP contribution in [0.4, 0.5) is 0 Å². The smallest absolute Gasteiger partial charge is 0.376 e. The third kappa shape index (κ3) is 4.09. The maximum atomic E-state index is 11.0. The van der Waals surface area contributed by atoms with Gasteiger partial charge in [0.2, 0.25) is 0 Å². The number of rotatable bonds is 6. The molecule has 0 aromatic rings. The van der Waals surface area contributed by atoms with Crippen LogP contribution in [0.2, 0.25) is 0 Å². The van der Waals surface area contributed by atoms with Crippen LogP contribution >= 0.6 is 11.8 Å². The quantitative estimate of drug-likeness (QED) is 0.524. The maximum Gasteiger partial charge on any atom is 0.397 e. The lowest BCUT2D eigenvalue weighted by Gasteiger charge is -2.28. The molecule has 0 aromatic carbocycles. The number of nitriles is 1. The average Bonchev–Trinajstić information content (AvgIpc) is 2.84. The number of fused-ring (bicyclic) bond motifs is 1. The van der Waals surface area contributed by atoms with E-state index in [4.69, 9.17) is 28.8 Å². The second kappa shape index (κ2) is 6.58. The Balaban J connectivity index is 2.16. The van der Waals surface area contributed by atoms with Gasteiger partial charge in [0.25, 0.3) is 0 Å². The van der Waals surface area contributed by atoms with Crippen molar-refractivity contribution in [2.75, 3.05) is 12.9 Å². The molecule has 0 aromatic heterocycles. The first-order chi connectivity index (χ1) is 10.2. The molecule has 0 aliphatic carbocycles. The fraction of sp³-hybridized carbons (Fsp3) is 0.909. The Morgan fingerprint density at radius 2 is 2.14 bits per heavy atom. The van der Waals surface area contributed by atoms with Crippen molar-refractivity contribution in [2.24, 2.45) is 0 Å². The summed E-state index contributed by atoms with van der Waals surface area (Å²) < 4.78 is 57.7. The van der Waals surface area contributed by atoms with Gasteiger partial charge in [0.15, 0.2) is 12.1 Å². The van der Waals surface area contributed by atoms with Crippen LogP contribution in [0.5, 0.6) is 0 Å². The van der Waals surface area contributed by atoms with E-state index in [1.54, 1.807) is 19.2 Å². The Morgan fingerprint density at radius 1 is 1.45 bits per heavy atom. The van der Waals surface area contributed by atoms with E-state index in [1.165, 1.54) is 7.11 Å². The average molecular weight is 355 g/mol. The van der Waals surface area contributed by atoms with Crippen molar-refractivity contribution in [3.63, 3.8) is 0 Å². The van der Waals surface area contributed by atoms with E-state index in [9.17, 15) is 8.42 Å². The lowest BCUT2D eigenvalue weighted by Crippen LogP contribution is -2.45. The van der Waals surface area contributed by atoms with E-state index in [2.05, 4.69) is 4.18 Å². The van der Waals surface area contributed by atoms with Crippen molar-refractivity contribution in [1.82, 2.24) is 0 Å². The van der Waals surface area contributed by atoms with E-state index in [-0.39, 0.29) is 5.75 Å². The number of hydrogen-bond acceptors (Lipinski definition) is 9. The molecule has 2 fully saturated rings. The molecule has 0 saturated carbocycles. The standard InChI is InChI=1S/C11H17NO8S2/c1-11(2)18-9-8(16-3)7(17-10(9)19-11)6(4-21-5-12)20-22(13,14)15/h6-10H,4H2,1-3H3,(H,13,14,15)/t6-,7-,8+,9-,10-/m1/s1. The van der Waals surface area contributed by atoms with Crippen LogP contribution in [-0.4, -0.2) is 62.3 Å². The highest BCUT2D eigenvalue weighted by Gasteiger charge is 2.57. The first-order valence-corrected chi connectivity index (χ1v) is 8.72. The van der Waals surface area contributed by atoms with Crippen LogP contribution in [-0.2, 0) is 33.5 Å². The summed E-state index contributed by atoms with van der Waals surface area (Å²) >= 11 is 0.772. The van der Waals surface area contributed by atoms with Crippen molar-refractivity contribution in [3.8, 4) is 5.40 Å². The molecule has 0 spiro atoms. The van der Waals surface area contributed by atoms with Gasteiger partial charge in [0.05, 0.1) is 0 Å². The lowest BCUT2D eigenvalue weighted by molar-refractivity contribution is -0.224. The first-order valence-electron chi connectivity index (χ1n) is 6.37. The fourth-order valence-corrected chi connectivity index (χ4v) is 3.60. The van der Waals surface area contributed by atoms with Gasteiger partial charge in [-0.3, -0.25) is 4.55 Å². The van der Waals surface area contributed by atoms with Crippen molar-refractivity contribution >= 4 is 22.2 Å². The van der Waals surface area contributed by atoms with Crippen LogP contribution < -0.4 is 0 Å². The molecule has 0 radical (unpaired) electrons. The van der Waals surface area contributed by atoms with Gasteiger partial charge in [-0.25, -0.2) is 4.18 Å². The second-order valence-electron chi connectivity index (χ2n) is 5.23. The third-order valence-electron chi connectivity index (χ3n) is 3.22. The molecule has 2 aliphatic rings. The van der Waals surface area contributed by atoms with Crippen molar-refractivity contribution in [1.29, 1.82) is 5.26 Å². The van der Waals surface area contributed by atoms with E-state index in [1.807, 2.05) is 0 Å². The minimum atomic E-state index is -4.71. The third-order valence-corrected chi connectivity index (χ3v) is 4.34. The number of thioether (sulfide) groups is 1. The van der Waals surface area contributed by atoms with Gasteiger partial charge in [0.1, 0.15) is 29.8 Å². The normalized spacial score (nSPS) is 35.0. The molecular weight excluding hydrogens is 338 g/mol. The molecule has 2 saturated heterocycles. The van der Waals surface area contributed by atoms with Gasteiger partial charge in [-0.15, -0.1) is 0 Å². The van der Waals surface area contributed by atoms with E-state index in [0.29, 0.717) is 0 Å². The number of hydrogen-bond donors (Lipinski definition) is 1. The molecule has 0 amide bonds. The molecule has 11 heteroatoms.